The Bertz CT molecular complexity index is 2310. The van der Waals surface area contributed by atoms with E-state index in [0.717, 1.165) is 123 Å². The van der Waals surface area contributed by atoms with Crippen molar-refractivity contribution in [2.24, 2.45) is 0 Å². The van der Waals surface area contributed by atoms with Crippen LogP contribution in [-0.2, 0) is 27.4 Å². The fourth-order valence-electron chi connectivity index (χ4n) is 9.36. The molecule has 316 valence electrons. The summed E-state index contributed by atoms with van der Waals surface area (Å²) in [7, 11) is -3.89. The zero-order valence-electron chi connectivity index (χ0n) is 34.3. The summed E-state index contributed by atoms with van der Waals surface area (Å²) < 4.78 is 58.3. The summed E-state index contributed by atoms with van der Waals surface area (Å²) in [5.41, 5.74) is 7.17. The zero-order chi connectivity index (χ0) is 41.7. The summed E-state index contributed by atoms with van der Waals surface area (Å²) in [6.45, 7) is 7.46. The number of aryl methyl sites for hydroxylation is 1. The molecule has 8 nitrogen and oxygen atoms in total. The summed E-state index contributed by atoms with van der Waals surface area (Å²) in [5.74, 6) is -0.393. The molecule has 2 unspecified atom stereocenters. The van der Waals surface area contributed by atoms with Gasteiger partial charge in [0.1, 0.15) is 17.7 Å². The number of piperidine rings is 2. The van der Waals surface area contributed by atoms with Gasteiger partial charge in [0.2, 0.25) is 0 Å². The van der Waals surface area contributed by atoms with E-state index in [1.54, 1.807) is 24.3 Å². The molecule has 4 aliphatic rings. The van der Waals surface area contributed by atoms with Gasteiger partial charge in [-0.3, -0.25) is 14.0 Å². The van der Waals surface area contributed by atoms with Crippen molar-refractivity contribution in [2.75, 3.05) is 36.8 Å². The van der Waals surface area contributed by atoms with Crippen molar-refractivity contribution >= 4 is 21.5 Å². The van der Waals surface area contributed by atoms with E-state index in [9.17, 15) is 22.3 Å². The van der Waals surface area contributed by atoms with Crippen LogP contribution < -0.4 is 10.6 Å². The molecule has 3 N–H and O–H groups in total. The average molecular weight is 835 g/mol. The topological polar surface area (TPSA) is 94.1 Å². The van der Waals surface area contributed by atoms with Crippen LogP contribution >= 0.6 is 0 Å². The molecule has 0 aliphatic carbocycles. The average Bonchev–Trinajstić information content (AvgIpc) is 3.49. The van der Waals surface area contributed by atoms with Crippen LogP contribution in [-0.4, -0.2) is 60.6 Å². The van der Waals surface area contributed by atoms with E-state index >= 15 is 0 Å². The Morgan fingerprint density at radius 2 is 1.07 bits per heavy atom. The lowest BCUT2D eigenvalue weighted by atomic mass is 9.83. The van der Waals surface area contributed by atoms with Crippen molar-refractivity contribution in [2.45, 2.75) is 99.6 Å². The molecule has 4 aliphatic heterocycles. The van der Waals surface area contributed by atoms with E-state index in [2.05, 4.69) is 26.5 Å². The molecule has 0 bridgehead atoms. The molecule has 5 aromatic carbocycles. The fraction of sp³-hybridized carbons (Fsp3) is 0.388. The highest BCUT2D eigenvalue weighted by molar-refractivity contribution is 7.86. The molecule has 2 fully saturated rings. The van der Waals surface area contributed by atoms with Crippen LogP contribution in [0.15, 0.2) is 126 Å². The van der Waals surface area contributed by atoms with Crippen LogP contribution in [0.2, 0.25) is 0 Å². The van der Waals surface area contributed by atoms with Gasteiger partial charge in [0, 0.05) is 72.8 Å². The Kier molecular flexibility index (Phi) is 12.7. The van der Waals surface area contributed by atoms with Gasteiger partial charge in [-0.1, -0.05) is 78.4 Å². The number of likely N-dealkylation sites (tertiary alicyclic amines) is 2. The molecule has 2 atom stereocenters. The normalized spacial score (nSPS) is 21.3. The largest absolute Gasteiger partial charge is 0.388 e. The van der Waals surface area contributed by atoms with E-state index in [0.29, 0.717) is 6.42 Å². The highest BCUT2D eigenvalue weighted by Gasteiger charge is 2.40. The van der Waals surface area contributed by atoms with Crippen molar-refractivity contribution in [1.82, 2.24) is 9.80 Å². The number of fused-ring (bicyclic) bond motifs is 2. The number of aliphatic hydroxyl groups is 1. The van der Waals surface area contributed by atoms with Crippen molar-refractivity contribution in [3.8, 4) is 0 Å². The first-order chi connectivity index (χ1) is 29.0. The number of nitrogens with one attached hydrogen (secondary N) is 2. The smallest absolute Gasteiger partial charge is 0.297 e. The molecule has 5 aromatic rings. The third-order valence-electron chi connectivity index (χ3n) is 13.0. The van der Waals surface area contributed by atoms with Crippen molar-refractivity contribution < 1.29 is 26.5 Å². The number of nitrogens with zero attached hydrogens (tertiary/aromatic N) is 2. The van der Waals surface area contributed by atoms with Crippen molar-refractivity contribution in [3.05, 3.63) is 161 Å². The second-order valence-corrected chi connectivity index (χ2v) is 18.8. The number of benzene rings is 5. The molecule has 0 amide bonds. The van der Waals surface area contributed by atoms with E-state index in [1.165, 1.54) is 24.3 Å². The minimum absolute atomic E-state index is 0.0763. The molecule has 0 saturated carbocycles. The third kappa shape index (κ3) is 10.1. The number of rotatable bonds is 7. The van der Waals surface area contributed by atoms with E-state index in [4.69, 9.17) is 4.18 Å². The minimum Gasteiger partial charge on any atom is -0.388 e. The Balaban J connectivity index is 0.000000176. The van der Waals surface area contributed by atoms with Gasteiger partial charge < -0.3 is 15.7 Å². The lowest BCUT2D eigenvalue weighted by molar-refractivity contribution is 0.131. The standard InChI is InChI=1S/C28H31FN2O3S.C21H25FN2O/c1-21-6-12-24(13-7-21)35(32,33)34-27-14-15-28(30-26-5-3-2-4-25(26)27)16-18-31(19-17-28)20-22-8-10-23(29)11-9-22;22-17-7-5-16(6-8-17)15-24-13-11-21(12-14-24)10-9-20(25)18-3-1-2-4-19(18)23-21/h2-13,27,30H,14-20H2,1H3;1-8,20,23,25H,9-15H2. The molecule has 4 heterocycles. The summed E-state index contributed by atoms with van der Waals surface area (Å²) in [6.07, 6.45) is 6.34. The molecule has 2 spiro atoms. The number of hydrogen-bond donors (Lipinski definition) is 3. The number of anilines is 2. The maximum absolute atomic E-state index is 13.2. The van der Waals surface area contributed by atoms with Crippen LogP contribution in [0.5, 0.6) is 0 Å². The Morgan fingerprint density at radius 3 is 1.58 bits per heavy atom. The molecular weight excluding hydrogens is 779 g/mol. The molecule has 60 heavy (non-hydrogen) atoms. The highest BCUT2D eigenvalue weighted by Crippen LogP contribution is 2.43. The third-order valence-corrected chi connectivity index (χ3v) is 14.4. The van der Waals surface area contributed by atoms with E-state index in [-0.39, 0.29) is 33.7 Å². The van der Waals surface area contributed by atoms with E-state index in [1.807, 2.05) is 73.7 Å². The van der Waals surface area contributed by atoms with Gasteiger partial charge >= 0.3 is 0 Å². The Labute approximate surface area is 353 Å². The number of aliphatic hydroxyl groups excluding tert-OH is 1. The van der Waals surface area contributed by atoms with Gasteiger partial charge in [-0.05, 0) is 118 Å². The first-order valence-corrected chi connectivity index (χ1v) is 22.7. The van der Waals surface area contributed by atoms with Crippen molar-refractivity contribution in [3.63, 3.8) is 0 Å². The van der Waals surface area contributed by atoms with Gasteiger partial charge in [0.25, 0.3) is 10.1 Å². The first kappa shape index (κ1) is 42.1. The second kappa shape index (κ2) is 18.1. The van der Waals surface area contributed by atoms with Gasteiger partial charge in [0.15, 0.2) is 0 Å². The molecule has 11 heteroatoms. The minimum atomic E-state index is -3.89. The lowest BCUT2D eigenvalue weighted by Crippen LogP contribution is -2.48. The van der Waals surface area contributed by atoms with Gasteiger partial charge in [0.05, 0.1) is 11.0 Å². The maximum atomic E-state index is 13.2. The monoisotopic (exact) mass is 834 g/mol. The van der Waals surface area contributed by atoms with Crippen LogP contribution in [0.1, 0.15) is 91.4 Å². The first-order valence-electron chi connectivity index (χ1n) is 21.3. The summed E-state index contributed by atoms with van der Waals surface area (Å²) in [5, 5.41) is 18.0. The number of halogens is 2. The number of para-hydroxylation sites is 2. The van der Waals surface area contributed by atoms with E-state index < -0.39 is 16.2 Å². The van der Waals surface area contributed by atoms with Crippen LogP contribution in [0.4, 0.5) is 20.2 Å². The second-order valence-electron chi connectivity index (χ2n) is 17.2. The fourth-order valence-corrected chi connectivity index (χ4v) is 10.4. The zero-order valence-corrected chi connectivity index (χ0v) is 35.1. The SMILES string of the molecule is Cc1ccc(S(=O)(=O)OC2CCC3(CCN(Cc4ccc(F)cc4)CC3)Nc3ccccc32)cc1.OC1CCC2(CCN(Cc3ccc(F)cc3)CC2)Nc2ccccc21. The summed E-state index contributed by atoms with van der Waals surface area (Å²) in [6, 6.07) is 36.3. The van der Waals surface area contributed by atoms with Crippen LogP contribution in [0.3, 0.4) is 0 Å². The molecule has 9 rings (SSSR count). The van der Waals surface area contributed by atoms with Crippen LogP contribution in [0.25, 0.3) is 0 Å². The maximum Gasteiger partial charge on any atom is 0.297 e. The quantitative estimate of drug-likeness (QED) is 0.140. The molecule has 0 radical (unpaired) electrons. The number of hydrogen-bond acceptors (Lipinski definition) is 8. The molecule has 0 aromatic heterocycles. The Hall–Kier alpha value is -4.65. The van der Waals surface area contributed by atoms with Gasteiger partial charge in [-0.2, -0.15) is 8.42 Å². The summed E-state index contributed by atoms with van der Waals surface area (Å²) in [4.78, 5) is 5.02. The summed E-state index contributed by atoms with van der Waals surface area (Å²) >= 11 is 0. The predicted octanol–water partition coefficient (Wildman–Crippen LogP) is 9.92. The van der Waals surface area contributed by atoms with Crippen LogP contribution in [0, 0.1) is 18.6 Å². The van der Waals surface area contributed by atoms with Gasteiger partial charge in [-0.25, -0.2) is 8.78 Å². The highest BCUT2D eigenvalue weighted by atomic mass is 32.2. The predicted molar refractivity (Wildman–Crippen MR) is 233 cm³/mol. The lowest BCUT2D eigenvalue weighted by Gasteiger charge is -2.42. The van der Waals surface area contributed by atoms with Crippen molar-refractivity contribution in [1.29, 1.82) is 0 Å². The Morgan fingerprint density at radius 1 is 0.617 bits per heavy atom. The molecule has 2 saturated heterocycles. The molecular formula is C49H56F2N4O4S. The van der Waals surface area contributed by atoms with Gasteiger partial charge in [-0.15, -0.1) is 0 Å².